The Labute approximate surface area is 113 Å². The molecule has 1 heterocycles. The Morgan fingerprint density at radius 2 is 2.33 bits per heavy atom. The second-order valence-corrected chi connectivity index (χ2v) is 6.35. The Bertz CT molecular complexity index is 500. The van der Waals surface area contributed by atoms with E-state index in [0.717, 1.165) is 4.88 Å². The van der Waals surface area contributed by atoms with Crippen LogP contribution in [0.2, 0.25) is 0 Å². The van der Waals surface area contributed by atoms with Gasteiger partial charge in [0.05, 0.1) is 16.3 Å². The van der Waals surface area contributed by atoms with Gasteiger partial charge in [-0.15, -0.1) is 11.3 Å². The lowest BCUT2D eigenvalue weighted by Gasteiger charge is -2.10. The van der Waals surface area contributed by atoms with Crippen LogP contribution in [0.5, 0.6) is 0 Å². The molecule has 6 heteroatoms. The summed E-state index contributed by atoms with van der Waals surface area (Å²) in [5.74, 6) is 5.92. The minimum atomic E-state index is -0.915. The number of nitrogens with two attached hydrogens (primary N) is 1. The van der Waals surface area contributed by atoms with E-state index < -0.39 is 10.8 Å². The minimum Gasteiger partial charge on any atom is -0.348 e. The standard InChI is InChI=1S/C12H16N2O2S2/c1-9(8-18(2)16)14-12(15)11-6-5-10(17-11)4-3-7-13/h5-6,9H,7-8,13H2,1-2H3,(H,14,15). The van der Waals surface area contributed by atoms with Gasteiger partial charge in [0, 0.05) is 28.9 Å². The molecular formula is C12H16N2O2S2. The first-order chi connectivity index (χ1) is 8.52. The Kier molecular flexibility index (Phi) is 6.05. The molecular weight excluding hydrogens is 268 g/mol. The number of hydrogen-bond acceptors (Lipinski definition) is 4. The van der Waals surface area contributed by atoms with Crippen LogP contribution in [0.3, 0.4) is 0 Å². The average molecular weight is 284 g/mol. The van der Waals surface area contributed by atoms with Gasteiger partial charge in [0.2, 0.25) is 0 Å². The monoisotopic (exact) mass is 284 g/mol. The Morgan fingerprint density at radius 3 is 2.94 bits per heavy atom. The van der Waals surface area contributed by atoms with Crippen molar-refractivity contribution in [3.8, 4) is 11.8 Å². The summed E-state index contributed by atoms with van der Waals surface area (Å²) >= 11 is 1.32. The Balaban J connectivity index is 2.61. The normalized spacial score (nSPS) is 13.3. The molecule has 0 aliphatic carbocycles. The largest absolute Gasteiger partial charge is 0.348 e. The molecule has 4 nitrogen and oxygen atoms in total. The number of thiophene rings is 1. The summed E-state index contributed by atoms with van der Waals surface area (Å²) in [6.45, 7) is 2.14. The molecule has 0 aliphatic rings. The maximum Gasteiger partial charge on any atom is 0.261 e. The van der Waals surface area contributed by atoms with E-state index in [4.69, 9.17) is 5.73 Å². The highest BCUT2D eigenvalue weighted by molar-refractivity contribution is 7.84. The third-order valence-electron chi connectivity index (χ3n) is 2.01. The number of amides is 1. The summed E-state index contributed by atoms with van der Waals surface area (Å²) in [6, 6.07) is 3.42. The van der Waals surface area contributed by atoms with Crippen molar-refractivity contribution >= 4 is 28.0 Å². The Hall–Kier alpha value is -1.16. The van der Waals surface area contributed by atoms with E-state index in [1.54, 1.807) is 18.4 Å². The second kappa shape index (κ2) is 7.31. The molecule has 0 fully saturated rings. The molecule has 0 aliphatic heterocycles. The lowest BCUT2D eigenvalue weighted by molar-refractivity contribution is 0.0948. The van der Waals surface area contributed by atoms with E-state index in [-0.39, 0.29) is 11.9 Å². The van der Waals surface area contributed by atoms with Crippen molar-refractivity contribution in [2.24, 2.45) is 5.73 Å². The molecule has 2 atom stereocenters. The first-order valence-electron chi connectivity index (χ1n) is 5.42. The highest BCUT2D eigenvalue weighted by Crippen LogP contribution is 2.15. The maximum atomic E-state index is 11.9. The molecule has 1 rings (SSSR count). The third kappa shape index (κ3) is 5.00. The number of nitrogens with one attached hydrogen (secondary N) is 1. The number of carbonyl (C=O) groups excluding carboxylic acids is 1. The lowest BCUT2D eigenvalue weighted by atomic mass is 10.3. The number of rotatable bonds is 4. The molecule has 1 aromatic heterocycles. The van der Waals surface area contributed by atoms with E-state index in [0.29, 0.717) is 17.2 Å². The minimum absolute atomic E-state index is 0.107. The summed E-state index contributed by atoms with van der Waals surface area (Å²) in [5, 5.41) is 2.80. The van der Waals surface area contributed by atoms with E-state index in [1.165, 1.54) is 11.3 Å². The van der Waals surface area contributed by atoms with Crippen LogP contribution in [0.1, 0.15) is 21.5 Å². The highest BCUT2D eigenvalue weighted by Gasteiger charge is 2.12. The van der Waals surface area contributed by atoms with Gasteiger partial charge in [0.15, 0.2) is 0 Å². The zero-order valence-corrected chi connectivity index (χ0v) is 12.0. The van der Waals surface area contributed by atoms with Gasteiger partial charge in [0.25, 0.3) is 5.91 Å². The zero-order valence-electron chi connectivity index (χ0n) is 10.4. The van der Waals surface area contributed by atoms with E-state index in [2.05, 4.69) is 17.2 Å². The Morgan fingerprint density at radius 1 is 1.61 bits per heavy atom. The van der Waals surface area contributed by atoms with Gasteiger partial charge in [-0.2, -0.15) is 0 Å². The van der Waals surface area contributed by atoms with Gasteiger partial charge in [-0.1, -0.05) is 11.8 Å². The van der Waals surface area contributed by atoms with Gasteiger partial charge in [0.1, 0.15) is 0 Å². The number of carbonyl (C=O) groups is 1. The van der Waals surface area contributed by atoms with Gasteiger partial charge in [-0.3, -0.25) is 9.00 Å². The maximum absolute atomic E-state index is 11.9. The van der Waals surface area contributed by atoms with Crippen LogP contribution in [-0.2, 0) is 10.8 Å². The average Bonchev–Trinajstić information content (AvgIpc) is 2.73. The molecule has 18 heavy (non-hydrogen) atoms. The van der Waals surface area contributed by atoms with Gasteiger partial charge in [-0.05, 0) is 19.1 Å². The van der Waals surface area contributed by atoms with E-state index >= 15 is 0 Å². The summed E-state index contributed by atoms with van der Waals surface area (Å²) in [7, 11) is -0.915. The van der Waals surface area contributed by atoms with Crippen molar-refractivity contribution in [3.05, 3.63) is 21.9 Å². The van der Waals surface area contributed by atoms with Crippen LogP contribution < -0.4 is 11.1 Å². The predicted octanol–water partition coefficient (Wildman–Crippen LogP) is 0.555. The van der Waals surface area contributed by atoms with Crippen LogP contribution in [0.15, 0.2) is 12.1 Å². The molecule has 0 radical (unpaired) electrons. The highest BCUT2D eigenvalue weighted by atomic mass is 32.2. The fourth-order valence-corrected chi connectivity index (χ4v) is 2.93. The molecule has 2 unspecified atom stereocenters. The quantitative estimate of drug-likeness (QED) is 0.793. The molecule has 1 aromatic rings. The summed E-state index contributed by atoms with van der Waals surface area (Å²) in [5.41, 5.74) is 5.28. The van der Waals surface area contributed by atoms with Crippen LogP contribution in [0.25, 0.3) is 0 Å². The lowest BCUT2D eigenvalue weighted by Crippen LogP contribution is -2.35. The summed E-state index contributed by atoms with van der Waals surface area (Å²) in [6.07, 6.45) is 1.62. The van der Waals surface area contributed by atoms with Crippen LogP contribution in [0, 0.1) is 11.8 Å². The summed E-state index contributed by atoms with van der Waals surface area (Å²) in [4.78, 5) is 13.3. The van der Waals surface area contributed by atoms with Crippen LogP contribution in [-0.4, -0.2) is 34.7 Å². The van der Waals surface area contributed by atoms with E-state index in [9.17, 15) is 9.00 Å². The molecule has 1 amide bonds. The van der Waals surface area contributed by atoms with Crippen molar-refractivity contribution in [2.75, 3.05) is 18.6 Å². The first-order valence-corrected chi connectivity index (χ1v) is 7.97. The van der Waals surface area contributed by atoms with E-state index in [1.807, 2.05) is 6.92 Å². The fourth-order valence-electron chi connectivity index (χ4n) is 1.35. The SMILES string of the molecule is CC(CS(C)=O)NC(=O)c1ccc(C#CCN)s1. The predicted molar refractivity (Wildman–Crippen MR) is 76.1 cm³/mol. The van der Waals surface area contributed by atoms with Crippen LogP contribution in [0.4, 0.5) is 0 Å². The molecule has 3 N–H and O–H groups in total. The van der Waals surface area contributed by atoms with Gasteiger partial charge < -0.3 is 11.1 Å². The van der Waals surface area contributed by atoms with Gasteiger partial charge >= 0.3 is 0 Å². The molecule has 0 saturated carbocycles. The fraction of sp³-hybridized carbons (Fsp3) is 0.417. The zero-order chi connectivity index (χ0) is 13.5. The van der Waals surface area contributed by atoms with Crippen molar-refractivity contribution in [2.45, 2.75) is 13.0 Å². The topological polar surface area (TPSA) is 72.2 Å². The smallest absolute Gasteiger partial charge is 0.261 e. The summed E-state index contributed by atoms with van der Waals surface area (Å²) < 4.78 is 11.0. The van der Waals surface area contributed by atoms with Crippen molar-refractivity contribution in [1.82, 2.24) is 5.32 Å². The molecule has 0 bridgehead atoms. The van der Waals surface area contributed by atoms with Crippen molar-refractivity contribution < 1.29 is 9.00 Å². The number of hydrogen-bond donors (Lipinski definition) is 2. The van der Waals surface area contributed by atoms with Gasteiger partial charge in [-0.25, -0.2) is 0 Å². The molecule has 98 valence electrons. The van der Waals surface area contributed by atoms with Crippen LogP contribution >= 0.6 is 11.3 Å². The van der Waals surface area contributed by atoms with Crippen molar-refractivity contribution in [1.29, 1.82) is 0 Å². The molecule has 0 aromatic carbocycles. The third-order valence-corrected chi connectivity index (χ3v) is 3.97. The molecule has 0 spiro atoms. The molecule has 0 saturated heterocycles. The van der Waals surface area contributed by atoms with Crippen molar-refractivity contribution in [3.63, 3.8) is 0 Å². The second-order valence-electron chi connectivity index (χ2n) is 3.78. The first kappa shape index (κ1) is 14.9.